The number of fused-ring (bicyclic) bond motifs is 1. The number of hydrogen-bond acceptors (Lipinski definition) is 6. The molecule has 3 heterocycles. The lowest BCUT2D eigenvalue weighted by atomic mass is 9.66. The zero-order valence-corrected chi connectivity index (χ0v) is 19.9. The third kappa shape index (κ3) is 3.65. The molecule has 3 aliphatic heterocycles. The van der Waals surface area contributed by atoms with E-state index in [2.05, 4.69) is 13.2 Å². The number of benzene rings is 1. The molecule has 3 saturated heterocycles. The summed E-state index contributed by atoms with van der Waals surface area (Å²) in [5.41, 5.74) is -1.53. The first-order chi connectivity index (χ1) is 16.2. The van der Waals surface area contributed by atoms with E-state index in [1.165, 1.54) is 15.9 Å². The minimum absolute atomic E-state index is 0.0196. The van der Waals surface area contributed by atoms with Gasteiger partial charge in [-0.15, -0.1) is 6.58 Å². The second kappa shape index (κ2) is 9.17. The van der Waals surface area contributed by atoms with Gasteiger partial charge in [-0.1, -0.05) is 30.3 Å². The van der Waals surface area contributed by atoms with Crippen molar-refractivity contribution in [1.29, 1.82) is 0 Å². The number of likely N-dealkylation sites (tertiary alicyclic amines) is 1. The van der Waals surface area contributed by atoms with E-state index in [0.717, 1.165) is 0 Å². The smallest absolute Gasteiger partial charge is 0.313 e. The van der Waals surface area contributed by atoms with Crippen molar-refractivity contribution < 1.29 is 29.0 Å². The Kier molecular flexibility index (Phi) is 6.59. The highest BCUT2D eigenvalue weighted by atomic mass is 35.5. The predicted molar refractivity (Wildman–Crippen MR) is 126 cm³/mol. The van der Waals surface area contributed by atoms with E-state index >= 15 is 0 Å². The second-order valence-electron chi connectivity index (χ2n) is 9.12. The molecule has 8 nitrogen and oxygen atoms in total. The van der Waals surface area contributed by atoms with Crippen LogP contribution in [0.3, 0.4) is 0 Å². The molecule has 0 aliphatic carbocycles. The summed E-state index contributed by atoms with van der Waals surface area (Å²) in [5, 5.41) is 10.2. The van der Waals surface area contributed by atoms with Crippen molar-refractivity contribution in [3.63, 3.8) is 0 Å². The Bertz CT molecular complexity index is 1010. The average molecular weight is 489 g/mol. The fraction of sp³-hybridized carbons (Fsp3) is 0.480. The number of nitrogens with zero attached hydrogens (tertiary/aromatic N) is 2. The molecule has 0 radical (unpaired) electrons. The van der Waals surface area contributed by atoms with Gasteiger partial charge in [0.05, 0.1) is 18.1 Å². The van der Waals surface area contributed by atoms with Crippen LogP contribution in [0.5, 0.6) is 0 Å². The third-order valence-corrected chi connectivity index (χ3v) is 7.42. The van der Waals surface area contributed by atoms with Crippen molar-refractivity contribution in [3.05, 3.63) is 54.6 Å². The van der Waals surface area contributed by atoms with E-state index in [4.69, 9.17) is 21.1 Å². The van der Waals surface area contributed by atoms with Gasteiger partial charge in [0.1, 0.15) is 24.2 Å². The van der Waals surface area contributed by atoms with Crippen molar-refractivity contribution in [2.45, 2.75) is 37.0 Å². The number of halogens is 1. The van der Waals surface area contributed by atoms with Crippen molar-refractivity contribution in [2.24, 2.45) is 11.8 Å². The van der Waals surface area contributed by atoms with Crippen molar-refractivity contribution in [1.82, 2.24) is 4.90 Å². The summed E-state index contributed by atoms with van der Waals surface area (Å²) in [5.74, 6) is -3.02. The Morgan fingerprint density at radius 2 is 2.00 bits per heavy atom. The number of carbonyl (C=O) groups excluding carboxylic acids is 3. The molecule has 1 aromatic rings. The molecule has 1 N–H and O–H groups in total. The van der Waals surface area contributed by atoms with Crippen molar-refractivity contribution in [3.8, 4) is 0 Å². The van der Waals surface area contributed by atoms with Crippen LogP contribution in [0.4, 0.5) is 5.69 Å². The lowest BCUT2D eigenvalue weighted by Crippen LogP contribution is -2.56. The normalized spacial score (nSPS) is 31.3. The topological polar surface area (TPSA) is 96.4 Å². The van der Waals surface area contributed by atoms with Crippen LogP contribution >= 0.6 is 11.6 Å². The van der Waals surface area contributed by atoms with Crippen molar-refractivity contribution in [2.75, 3.05) is 31.2 Å². The Morgan fingerprint density at radius 1 is 1.29 bits per heavy atom. The quantitative estimate of drug-likeness (QED) is 0.423. The van der Waals surface area contributed by atoms with Gasteiger partial charge in [-0.2, -0.15) is 0 Å². The first kappa shape index (κ1) is 24.4. The molecule has 34 heavy (non-hydrogen) atoms. The maximum absolute atomic E-state index is 14.1. The SMILES string of the molecule is C=CCOC(=O)[C@H]1[C@H]2C(=O)N(CCO)C(C(=O)N(CC=C)c3ccc(Cl)cc3)C23CC[C@]1(C)O3. The summed E-state index contributed by atoms with van der Waals surface area (Å²) >= 11 is 6.03. The fourth-order valence-corrected chi connectivity index (χ4v) is 5.99. The van der Waals surface area contributed by atoms with Crippen LogP contribution < -0.4 is 4.90 Å². The van der Waals surface area contributed by atoms with E-state index in [1.54, 1.807) is 37.3 Å². The number of aliphatic hydroxyl groups is 1. The zero-order valence-electron chi connectivity index (χ0n) is 19.1. The number of ether oxygens (including phenoxy) is 2. The number of anilines is 1. The molecule has 9 heteroatoms. The Labute approximate surface area is 203 Å². The minimum Gasteiger partial charge on any atom is -0.461 e. The number of aliphatic hydroxyl groups excluding tert-OH is 1. The van der Waals surface area contributed by atoms with Crippen LogP contribution in [-0.4, -0.2) is 71.3 Å². The van der Waals surface area contributed by atoms with Gasteiger partial charge in [-0.25, -0.2) is 0 Å². The second-order valence-corrected chi connectivity index (χ2v) is 9.55. The van der Waals surface area contributed by atoms with Crippen LogP contribution in [0.2, 0.25) is 5.02 Å². The van der Waals surface area contributed by atoms with Gasteiger partial charge >= 0.3 is 5.97 Å². The molecule has 3 aliphatic rings. The highest BCUT2D eigenvalue weighted by Gasteiger charge is 2.78. The minimum atomic E-state index is -1.19. The van der Waals surface area contributed by atoms with Gasteiger partial charge in [-0.05, 0) is 44.0 Å². The Hall–Kier alpha value is -2.68. The first-order valence-corrected chi connectivity index (χ1v) is 11.7. The van der Waals surface area contributed by atoms with Crippen LogP contribution in [0.15, 0.2) is 49.6 Å². The van der Waals surface area contributed by atoms with Gasteiger partial charge in [0, 0.05) is 23.8 Å². The molecule has 182 valence electrons. The lowest BCUT2D eigenvalue weighted by Gasteiger charge is -2.36. The van der Waals surface area contributed by atoms with Crippen LogP contribution in [0, 0.1) is 11.8 Å². The van der Waals surface area contributed by atoms with Gasteiger partial charge in [0.15, 0.2) is 0 Å². The highest BCUT2D eigenvalue weighted by Crippen LogP contribution is 2.63. The molecular formula is C25H29ClN2O6. The van der Waals surface area contributed by atoms with Gasteiger partial charge in [0.2, 0.25) is 5.91 Å². The zero-order chi connectivity index (χ0) is 24.7. The van der Waals surface area contributed by atoms with E-state index in [1.807, 2.05) is 0 Å². The Balaban J connectivity index is 1.77. The number of β-amino-alcohol motifs (C(OH)–C–C–N with tert-alkyl or cyclic N) is 1. The summed E-state index contributed by atoms with van der Waals surface area (Å²) in [6.07, 6.45) is 4.00. The van der Waals surface area contributed by atoms with E-state index in [-0.39, 0.29) is 38.1 Å². The van der Waals surface area contributed by atoms with Crippen LogP contribution in [-0.2, 0) is 23.9 Å². The summed E-state index contributed by atoms with van der Waals surface area (Å²) in [6.45, 7) is 8.97. The standard InChI is InChI=1S/C25H29ClN2O6/c1-4-12-27(17-8-6-16(26)7-9-17)22(31)20-25-11-10-24(3,34-25)19(23(32)33-15-5-2)18(25)21(30)28(20)13-14-29/h4-9,18-20,29H,1-2,10-15H2,3H3/t18-,19+,20?,24-,25?/m0/s1. The van der Waals surface area contributed by atoms with Crippen LogP contribution in [0.1, 0.15) is 19.8 Å². The summed E-state index contributed by atoms with van der Waals surface area (Å²) in [6, 6.07) is 5.78. The number of amides is 2. The molecule has 2 unspecified atom stereocenters. The van der Waals surface area contributed by atoms with Gasteiger partial charge < -0.3 is 24.4 Å². The largest absolute Gasteiger partial charge is 0.461 e. The van der Waals surface area contributed by atoms with Gasteiger partial charge in [-0.3, -0.25) is 14.4 Å². The highest BCUT2D eigenvalue weighted by molar-refractivity contribution is 6.30. The molecule has 4 rings (SSSR count). The molecule has 0 saturated carbocycles. The molecule has 1 spiro atoms. The molecule has 3 fully saturated rings. The van der Waals surface area contributed by atoms with E-state index < -0.39 is 35.0 Å². The number of carbonyl (C=O) groups is 3. The maximum Gasteiger partial charge on any atom is 0.313 e. The summed E-state index contributed by atoms with van der Waals surface area (Å²) < 4.78 is 11.8. The number of rotatable bonds is 9. The predicted octanol–water partition coefficient (Wildman–Crippen LogP) is 2.35. The maximum atomic E-state index is 14.1. The molecule has 1 aromatic carbocycles. The van der Waals surface area contributed by atoms with E-state index in [0.29, 0.717) is 23.6 Å². The fourth-order valence-electron chi connectivity index (χ4n) is 5.86. The number of hydrogen-bond donors (Lipinski definition) is 1. The molecule has 2 amide bonds. The first-order valence-electron chi connectivity index (χ1n) is 11.3. The Morgan fingerprint density at radius 3 is 2.62 bits per heavy atom. The lowest BCUT2D eigenvalue weighted by molar-refractivity contribution is -0.158. The number of esters is 1. The average Bonchev–Trinajstić information content (AvgIpc) is 3.37. The third-order valence-electron chi connectivity index (χ3n) is 7.16. The van der Waals surface area contributed by atoms with E-state index in [9.17, 15) is 19.5 Å². The van der Waals surface area contributed by atoms with Crippen LogP contribution in [0.25, 0.3) is 0 Å². The van der Waals surface area contributed by atoms with Gasteiger partial charge in [0.25, 0.3) is 5.91 Å². The molecular weight excluding hydrogens is 460 g/mol. The summed E-state index contributed by atoms with van der Waals surface area (Å²) in [4.78, 5) is 43.7. The molecule has 2 bridgehead atoms. The monoisotopic (exact) mass is 488 g/mol. The molecule has 0 aromatic heterocycles. The summed E-state index contributed by atoms with van der Waals surface area (Å²) in [7, 11) is 0. The molecule has 5 atom stereocenters. The van der Waals surface area contributed by atoms with Crippen molar-refractivity contribution >= 4 is 35.1 Å².